The third-order valence-electron chi connectivity index (χ3n) is 3.36. The van der Waals surface area contributed by atoms with Crippen LogP contribution in [-0.2, 0) is 18.0 Å². The van der Waals surface area contributed by atoms with E-state index in [1.165, 1.54) is 7.05 Å². The van der Waals surface area contributed by atoms with E-state index in [0.717, 1.165) is 9.15 Å². The molecule has 0 aliphatic rings. The molecule has 0 saturated heterocycles. The second kappa shape index (κ2) is 6.23. The standard InChI is InChI=1S/C16H17BrF3N3O/c1-15(2,3)14(24)21-13-11(9-5-7-10(17)8-6-9)12(16(18,19)20)22-23(13)4/h5-8H,1-4H3,(H,21,24). The number of aryl methyl sites for hydroxylation is 1. The summed E-state index contributed by atoms with van der Waals surface area (Å²) >= 11 is 3.25. The van der Waals surface area contributed by atoms with Crippen LogP contribution < -0.4 is 5.32 Å². The van der Waals surface area contributed by atoms with E-state index in [9.17, 15) is 18.0 Å². The van der Waals surface area contributed by atoms with Gasteiger partial charge in [-0.25, -0.2) is 0 Å². The summed E-state index contributed by atoms with van der Waals surface area (Å²) in [6, 6.07) is 6.36. The second-order valence-corrected chi connectivity index (χ2v) is 7.32. The average molecular weight is 404 g/mol. The van der Waals surface area contributed by atoms with Gasteiger partial charge >= 0.3 is 6.18 Å². The van der Waals surface area contributed by atoms with Gasteiger partial charge in [0.15, 0.2) is 5.69 Å². The molecule has 8 heteroatoms. The number of nitrogens with zero attached hydrogens (tertiary/aromatic N) is 2. The molecule has 0 fully saturated rings. The van der Waals surface area contributed by atoms with Gasteiger partial charge in [0.25, 0.3) is 0 Å². The van der Waals surface area contributed by atoms with Gasteiger partial charge in [-0.15, -0.1) is 0 Å². The van der Waals surface area contributed by atoms with Gasteiger partial charge < -0.3 is 5.32 Å². The number of nitrogens with one attached hydrogen (secondary N) is 1. The fraction of sp³-hybridized carbons (Fsp3) is 0.375. The first kappa shape index (κ1) is 18.5. The van der Waals surface area contributed by atoms with E-state index in [1.54, 1.807) is 45.0 Å². The normalized spacial score (nSPS) is 12.3. The van der Waals surface area contributed by atoms with Gasteiger partial charge in [0.1, 0.15) is 5.82 Å². The molecule has 130 valence electrons. The Labute approximate surface area is 146 Å². The van der Waals surface area contributed by atoms with Crippen LogP contribution in [-0.4, -0.2) is 15.7 Å². The highest BCUT2D eigenvalue weighted by Crippen LogP contribution is 2.41. The summed E-state index contributed by atoms with van der Waals surface area (Å²) in [5.74, 6) is -0.373. The minimum atomic E-state index is -4.63. The summed E-state index contributed by atoms with van der Waals surface area (Å²) in [6.07, 6.45) is -4.63. The Balaban J connectivity index is 2.64. The Morgan fingerprint density at radius 1 is 1.17 bits per heavy atom. The summed E-state index contributed by atoms with van der Waals surface area (Å²) in [4.78, 5) is 12.2. The van der Waals surface area contributed by atoms with Crippen molar-refractivity contribution in [2.45, 2.75) is 26.9 Å². The van der Waals surface area contributed by atoms with E-state index in [1.807, 2.05) is 0 Å². The van der Waals surface area contributed by atoms with Crippen LogP contribution in [0.5, 0.6) is 0 Å². The first-order valence-corrected chi connectivity index (χ1v) is 7.92. The number of rotatable bonds is 2. The largest absolute Gasteiger partial charge is 0.435 e. The predicted octanol–water partition coefficient (Wildman–Crippen LogP) is 4.85. The third-order valence-corrected chi connectivity index (χ3v) is 3.89. The number of anilines is 1. The summed E-state index contributed by atoms with van der Waals surface area (Å²) in [5.41, 5.74) is -1.60. The van der Waals surface area contributed by atoms with Crippen molar-refractivity contribution in [2.75, 3.05) is 5.32 Å². The highest BCUT2D eigenvalue weighted by atomic mass is 79.9. The maximum absolute atomic E-state index is 13.4. The van der Waals surface area contributed by atoms with Gasteiger partial charge in [0, 0.05) is 16.9 Å². The van der Waals surface area contributed by atoms with Crippen molar-refractivity contribution in [3.8, 4) is 11.1 Å². The lowest BCUT2D eigenvalue weighted by atomic mass is 9.95. The number of hydrogen-bond acceptors (Lipinski definition) is 2. The summed E-state index contributed by atoms with van der Waals surface area (Å²) in [6.45, 7) is 5.05. The zero-order chi connectivity index (χ0) is 18.3. The van der Waals surface area contributed by atoms with Gasteiger partial charge in [-0.3, -0.25) is 9.48 Å². The molecule has 0 aliphatic heterocycles. The zero-order valence-corrected chi connectivity index (χ0v) is 15.2. The molecule has 2 aromatic rings. The van der Waals surface area contributed by atoms with E-state index in [0.29, 0.717) is 5.56 Å². The van der Waals surface area contributed by atoms with Crippen molar-refractivity contribution in [1.82, 2.24) is 9.78 Å². The minimum Gasteiger partial charge on any atom is -0.310 e. The molecule has 0 aliphatic carbocycles. The third kappa shape index (κ3) is 3.80. The first-order chi connectivity index (χ1) is 10.9. The molecule has 1 N–H and O–H groups in total. The number of amides is 1. The molecule has 1 aromatic heterocycles. The molecule has 0 radical (unpaired) electrons. The van der Waals surface area contributed by atoms with Crippen LogP contribution >= 0.6 is 15.9 Å². The van der Waals surface area contributed by atoms with Crippen LogP contribution in [0.4, 0.5) is 19.0 Å². The topological polar surface area (TPSA) is 46.9 Å². The summed E-state index contributed by atoms with van der Waals surface area (Å²) in [5, 5.41) is 6.16. The van der Waals surface area contributed by atoms with Crippen LogP contribution in [0.1, 0.15) is 26.5 Å². The van der Waals surface area contributed by atoms with E-state index in [-0.39, 0.29) is 11.4 Å². The number of hydrogen-bond donors (Lipinski definition) is 1. The fourth-order valence-corrected chi connectivity index (χ4v) is 2.32. The Morgan fingerprint density at radius 3 is 2.17 bits per heavy atom. The molecule has 4 nitrogen and oxygen atoms in total. The van der Waals surface area contributed by atoms with Gasteiger partial charge in [0.05, 0.1) is 5.56 Å². The highest BCUT2D eigenvalue weighted by Gasteiger charge is 2.40. The van der Waals surface area contributed by atoms with Crippen LogP contribution in [0.25, 0.3) is 11.1 Å². The monoisotopic (exact) mass is 403 g/mol. The predicted molar refractivity (Wildman–Crippen MR) is 89.4 cm³/mol. The lowest BCUT2D eigenvalue weighted by molar-refractivity contribution is -0.141. The molecule has 1 amide bonds. The van der Waals surface area contributed by atoms with Crippen molar-refractivity contribution in [2.24, 2.45) is 12.5 Å². The smallest absolute Gasteiger partial charge is 0.310 e. The van der Waals surface area contributed by atoms with Crippen molar-refractivity contribution in [1.29, 1.82) is 0 Å². The maximum atomic E-state index is 13.4. The fourth-order valence-electron chi connectivity index (χ4n) is 2.05. The van der Waals surface area contributed by atoms with Crippen LogP contribution in [0.2, 0.25) is 0 Å². The molecule has 1 aromatic carbocycles. The lowest BCUT2D eigenvalue weighted by Crippen LogP contribution is -2.28. The minimum absolute atomic E-state index is 0.0181. The number of benzene rings is 1. The second-order valence-electron chi connectivity index (χ2n) is 6.40. The van der Waals surface area contributed by atoms with E-state index >= 15 is 0 Å². The molecule has 0 saturated carbocycles. The molecule has 1 heterocycles. The number of aromatic nitrogens is 2. The van der Waals surface area contributed by atoms with Gasteiger partial charge in [-0.05, 0) is 17.7 Å². The van der Waals surface area contributed by atoms with E-state index < -0.39 is 23.2 Å². The molecular weight excluding hydrogens is 387 g/mol. The number of halogens is 4. The number of carbonyl (C=O) groups is 1. The van der Waals surface area contributed by atoms with E-state index in [2.05, 4.69) is 26.3 Å². The highest BCUT2D eigenvalue weighted by molar-refractivity contribution is 9.10. The molecular formula is C16H17BrF3N3O. The Bertz CT molecular complexity index is 759. The van der Waals surface area contributed by atoms with Gasteiger partial charge in [-0.2, -0.15) is 18.3 Å². The SMILES string of the molecule is Cn1nc(C(F)(F)F)c(-c2ccc(Br)cc2)c1NC(=O)C(C)(C)C. The zero-order valence-electron chi connectivity index (χ0n) is 13.6. The van der Waals surface area contributed by atoms with Crippen LogP contribution in [0.3, 0.4) is 0 Å². The Hall–Kier alpha value is -1.83. The first-order valence-electron chi connectivity index (χ1n) is 7.13. The molecule has 0 bridgehead atoms. The molecule has 0 spiro atoms. The Kier molecular flexibility index (Phi) is 4.81. The van der Waals surface area contributed by atoms with Crippen LogP contribution in [0, 0.1) is 5.41 Å². The van der Waals surface area contributed by atoms with Crippen LogP contribution in [0.15, 0.2) is 28.7 Å². The number of alkyl halides is 3. The molecule has 2 rings (SSSR count). The van der Waals surface area contributed by atoms with Gasteiger partial charge in [-0.1, -0.05) is 48.8 Å². The van der Waals surface area contributed by atoms with Gasteiger partial charge in [0.2, 0.25) is 5.91 Å². The molecule has 0 unspecified atom stereocenters. The lowest BCUT2D eigenvalue weighted by Gasteiger charge is -2.18. The van der Waals surface area contributed by atoms with Crippen molar-refractivity contribution in [3.05, 3.63) is 34.4 Å². The van der Waals surface area contributed by atoms with Crippen molar-refractivity contribution in [3.63, 3.8) is 0 Å². The maximum Gasteiger partial charge on any atom is 0.435 e. The van der Waals surface area contributed by atoms with Crippen molar-refractivity contribution >= 4 is 27.7 Å². The van der Waals surface area contributed by atoms with E-state index in [4.69, 9.17) is 0 Å². The average Bonchev–Trinajstić information content (AvgIpc) is 2.76. The van der Waals surface area contributed by atoms with Crippen molar-refractivity contribution < 1.29 is 18.0 Å². The summed E-state index contributed by atoms with van der Waals surface area (Å²) in [7, 11) is 1.37. The Morgan fingerprint density at radius 2 is 1.71 bits per heavy atom. The molecule has 24 heavy (non-hydrogen) atoms. The number of carbonyl (C=O) groups excluding carboxylic acids is 1. The molecule has 0 atom stereocenters. The quantitative estimate of drug-likeness (QED) is 0.778. The summed E-state index contributed by atoms with van der Waals surface area (Å²) < 4.78 is 41.9.